The number of hydrogen-bond acceptors (Lipinski definition) is 4. The fourth-order valence-electron chi connectivity index (χ4n) is 5.26. The van der Waals surface area contributed by atoms with Crippen LogP contribution in [-0.2, 0) is 24.8 Å². The topological polar surface area (TPSA) is 80.3 Å². The minimum absolute atomic E-state index is 0.102. The van der Waals surface area contributed by atoms with E-state index < -0.39 is 5.66 Å². The van der Waals surface area contributed by atoms with Crippen molar-refractivity contribution in [1.29, 1.82) is 0 Å². The number of urea groups is 1. The first-order chi connectivity index (χ1) is 18.2. The molecule has 0 radical (unpaired) electrons. The fourth-order valence-corrected chi connectivity index (χ4v) is 5.26. The quantitative estimate of drug-likeness (QED) is 0.310. The van der Waals surface area contributed by atoms with Gasteiger partial charge in [0.05, 0.1) is 7.11 Å². The average Bonchev–Trinajstić information content (AvgIpc) is 3.22. The normalized spacial score (nSPS) is 17.3. The van der Waals surface area contributed by atoms with Crippen LogP contribution in [0.15, 0.2) is 77.0 Å². The van der Waals surface area contributed by atoms with Crippen molar-refractivity contribution in [1.82, 2.24) is 4.90 Å². The zero-order valence-electron chi connectivity index (χ0n) is 23.3. The zero-order valence-corrected chi connectivity index (χ0v) is 23.3. The van der Waals surface area contributed by atoms with Gasteiger partial charge in [-0.05, 0) is 71.6 Å². The lowest BCUT2D eigenvalue weighted by atomic mass is 9.85. The van der Waals surface area contributed by atoms with Crippen molar-refractivity contribution in [3.8, 4) is 16.9 Å². The molecule has 0 saturated heterocycles. The summed E-state index contributed by atoms with van der Waals surface area (Å²) in [6, 6.07) is 23.3. The van der Waals surface area contributed by atoms with Crippen LogP contribution in [0, 0.1) is 0 Å². The van der Waals surface area contributed by atoms with Gasteiger partial charge in [0.1, 0.15) is 5.75 Å². The van der Waals surface area contributed by atoms with Crippen molar-refractivity contribution in [2.45, 2.75) is 71.0 Å². The number of hydrogen-bond donors (Lipinski definition) is 1. The number of nitrogens with zero attached hydrogens (tertiary/aromatic N) is 3. The number of nitrogens with two attached hydrogens (primary N) is 1. The lowest BCUT2D eigenvalue weighted by Crippen LogP contribution is -2.47. The third kappa shape index (κ3) is 5.97. The van der Waals surface area contributed by atoms with Crippen molar-refractivity contribution in [2.75, 3.05) is 13.7 Å². The molecule has 200 valence electrons. The molecule has 0 aromatic heterocycles. The van der Waals surface area contributed by atoms with Gasteiger partial charge in [-0.3, -0.25) is 4.90 Å². The molecule has 6 nitrogen and oxygen atoms in total. The van der Waals surface area contributed by atoms with Crippen LogP contribution in [0.4, 0.5) is 4.79 Å². The Morgan fingerprint density at radius 1 is 0.947 bits per heavy atom. The zero-order chi connectivity index (χ0) is 27.3. The molecule has 1 aliphatic heterocycles. The predicted molar refractivity (Wildman–Crippen MR) is 153 cm³/mol. The van der Waals surface area contributed by atoms with Crippen molar-refractivity contribution >= 4 is 6.03 Å². The lowest BCUT2D eigenvalue weighted by Gasteiger charge is -2.34. The van der Waals surface area contributed by atoms with E-state index in [9.17, 15) is 4.79 Å². The summed E-state index contributed by atoms with van der Waals surface area (Å²) in [5, 5.41) is 8.55. The summed E-state index contributed by atoms with van der Waals surface area (Å²) in [4.78, 5) is 14.4. The molecule has 1 atom stereocenters. The summed E-state index contributed by atoms with van der Waals surface area (Å²) in [5.41, 5.74) is 12.4. The molecular weight excluding hydrogens is 472 g/mol. The second-order valence-electron chi connectivity index (χ2n) is 11.1. The Kier molecular flexibility index (Phi) is 8.32. The molecule has 3 aromatic carbocycles. The molecule has 0 fully saturated rings. The smallest absolute Gasteiger partial charge is 0.363 e. The first-order valence-electron chi connectivity index (χ1n) is 13.5. The molecule has 1 heterocycles. The van der Waals surface area contributed by atoms with Crippen LogP contribution < -0.4 is 10.5 Å². The van der Waals surface area contributed by atoms with Crippen LogP contribution in [-0.4, -0.2) is 30.2 Å². The standard InChI is InChI=1S/C32H40N4O2/c1-6-36-30(37)34-35-32(36,21-24-11-16-28(17-12-24)31(2,3)4)19-7-8-23-9-13-25(14-10-23)26-15-18-29(38-5)27(20-26)22-33/h9-18,20H,6-8,19,21-22,33H2,1-5H3. The van der Waals surface area contributed by atoms with E-state index >= 15 is 0 Å². The van der Waals surface area contributed by atoms with Gasteiger partial charge in [0, 0.05) is 25.1 Å². The molecule has 3 aromatic rings. The van der Waals surface area contributed by atoms with Gasteiger partial charge in [-0.25, -0.2) is 4.79 Å². The van der Waals surface area contributed by atoms with Gasteiger partial charge in [0.2, 0.25) is 0 Å². The Labute approximate surface area is 226 Å². The molecule has 2 N–H and O–H groups in total. The number of carbonyl (C=O) groups excluding carboxylic acids is 1. The molecular formula is C32H40N4O2. The van der Waals surface area contributed by atoms with Gasteiger partial charge < -0.3 is 10.5 Å². The van der Waals surface area contributed by atoms with E-state index in [1.165, 1.54) is 16.7 Å². The second-order valence-corrected chi connectivity index (χ2v) is 11.1. The Hall–Kier alpha value is -3.51. The summed E-state index contributed by atoms with van der Waals surface area (Å²) in [6.45, 7) is 9.67. The minimum Gasteiger partial charge on any atom is -0.496 e. The van der Waals surface area contributed by atoms with Gasteiger partial charge in [-0.15, -0.1) is 0 Å². The van der Waals surface area contributed by atoms with Crippen molar-refractivity contribution in [3.05, 3.63) is 89.0 Å². The van der Waals surface area contributed by atoms with Gasteiger partial charge >= 0.3 is 6.03 Å². The molecule has 6 heteroatoms. The molecule has 0 bridgehead atoms. The second kappa shape index (κ2) is 11.5. The van der Waals surface area contributed by atoms with E-state index in [4.69, 9.17) is 10.5 Å². The molecule has 4 rings (SSSR count). The monoisotopic (exact) mass is 512 g/mol. The molecule has 1 unspecified atom stereocenters. The van der Waals surface area contributed by atoms with Crippen molar-refractivity contribution < 1.29 is 9.53 Å². The predicted octanol–water partition coefficient (Wildman–Crippen LogP) is 7.29. The highest BCUT2D eigenvalue weighted by molar-refractivity contribution is 5.77. The number of likely N-dealkylation sites (N-methyl/N-ethyl adjacent to an activating group) is 1. The number of amides is 2. The SMILES string of the molecule is CCN1C(=O)N=NC1(CCCc1ccc(-c2ccc(OC)c(CN)c2)cc1)Cc1ccc(C(C)(C)C)cc1. The van der Waals surface area contributed by atoms with Crippen LogP contribution in [0.2, 0.25) is 0 Å². The van der Waals surface area contributed by atoms with Gasteiger partial charge in [0.25, 0.3) is 0 Å². The van der Waals surface area contributed by atoms with Crippen LogP contribution in [0.5, 0.6) is 5.75 Å². The summed E-state index contributed by atoms with van der Waals surface area (Å²) < 4.78 is 5.40. The van der Waals surface area contributed by atoms with Gasteiger partial charge in [-0.2, -0.15) is 5.11 Å². The molecule has 0 aliphatic carbocycles. The maximum Gasteiger partial charge on any atom is 0.363 e. The molecule has 1 aliphatic rings. The summed E-state index contributed by atoms with van der Waals surface area (Å²) in [5.74, 6) is 0.815. The molecule has 38 heavy (non-hydrogen) atoms. The number of benzene rings is 3. The molecule has 0 saturated carbocycles. The maximum absolute atomic E-state index is 12.5. The third-order valence-electron chi connectivity index (χ3n) is 7.51. The van der Waals surface area contributed by atoms with Crippen LogP contribution in [0.25, 0.3) is 11.1 Å². The number of aryl methyl sites for hydroxylation is 1. The highest BCUT2D eigenvalue weighted by atomic mass is 16.5. The third-order valence-corrected chi connectivity index (χ3v) is 7.51. The van der Waals surface area contributed by atoms with E-state index in [1.54, 1.807) is 7.11 Å². The maximum atomic E-state index is 12.5. The highest BCUT2D eigenvalue weighted by Crippen LogP contribution is 2.35. The first-order valence-corrected chi connectivity index (χ1v) is 13.5. The average molecular weight is 513 g/mol. The van der Waals surface area contributed by atoms with Gasteiger partial charge in [-0.1, -0.05) is 80.5 Å². The van der Waals surface area contributed by atoms with Gasteiger partial charge in [0.15, 0.2) is 5.66 Å². The summed E-state index contributed by atoms with van der Waals surface area (Å²) in [7, 11) is 1.67. The number of ether oxygens (including phenoxy) is 1. The lowest BCUT2D eigenvalue weighted by molar-refractivity contribution is 0.138. The first kappa shape index (κ1) is 27.5. The van der Waals surface area contributed by atoms with E-state index in [0.29, 0.717) is 19.5 Å². The van der Waals surface area contributed by atoms with E-state index in [1.807, 2.05) is 17.9 Å². The Balaban J connectivity index is 1.45. The van der Waals surface area contributed by atoms with Crippen molar-refractivity contribution in [3.63, 3.8) is 0 Å². The summed E-state index contributed by atoms with van der Waals surface area (Å²) in [6.07, 6.45) is 3.24. The summed E-state index contributed by atoms with van der Waals surface area (Å²) >= 11 is 0. The largest absolute Gasteiger partial charge is 0.496 e. The number of azo groups is 1. The van der Waals surface area contributed by atoms with E-state index in [-0.39, 0.29) is 11.4 Å². The van der Waals surface area contributed by atoms with Crippen LogP contribution >= 0.6 is 0 Å². The Morgan fingerprint density at radius 2 is 1.61 bits per heavy atom. The molecule has 0 spiro atoms. The Morgan fingerprint density at radius 3 is 2.21 bits per heavy atom. The fraction of sp³-hybridized carbons (Fsp3) is 0.406. The van der Waals surface area contributed by atoms with E-state index in [2.05, 4.69) is 91.7 Å². The van der Waals surface area contributed by atoms with Crippen LogP contribution in [0.3, 0.4) is 0 Å². The molecule has 2 amide bonds. The Bertz CT molecular complexity index is 1280. The minimum atomic E-state index is -0.628. The highest BCUT2D eigenvalue weighted by Gasteiger charge is 2.43. The van der Waals surface area contributed by atoms with Crippen LogP contribution in [0.1, 0.15) is 62.8 Å². The number of methoxy groups -OCH3 is 1. The number of rotatable bonds is 10. The van der Waals surface area contributed by atoms with Crippen molar-refractivity contribution in [2.24, 2.45) is 16.0 Å². The number of carbonyl (C=O) groups is 1. The van der Waals surface area contributed by atoms with E-state index in [0.717, 1.165) is 41.7 Å².